The van der Waals surface area contributed by atoms with Crippen LogP contribution in [0.25, 0.3) is 11.1 Å². The standard InChI is InChI=1S/C23H22N2O3S/c1-15-5-7-16(8-6-15)18-11-13-29-22(18)23(27)24-17-9-10-19(20(14-17)28-2)25-12-3-4-21(25)26/h5-11,13-14H,3-4,12H2,1-2H3,(H,24,27). The van der Waals surface area contributed by atoms with E-state index >= 15 is 0 Å². The predicted octanol–water partition coefficient (Wildman–Crippen LogP) is 5.11. The molecule has 0 aliphatic carbocycles. The van der Waals surface area contributed by atoms with Gasteiger partial charge in [-0.15, -0.1) is 11.3 Å². The fourth-order valence-corrected chi connectivity index (χ4v) is 4.33. The minimum atomic E-state index is -0.164. The SMILES string of the molecule is COc1cc(NC(=O)c2sccc2-c2ccc(C)cc2)ccc1N1CCCC1=O. The molecule has 6 heteroatoms. The van der Waals surface area contributed by atoms with Gasteiger partial charge in [0.1, 0.15) is 5.75 Å². The molecule has 3 aromatic rings. The fourth-order valence-electron chi connectivity index (χ4n) is 3.51. The Bertz CT molecular complexity index is 1060. The van der Waals surface area contributed by atoms with Crippen molar-refractivity contribution in [3.8, 4) is 16.9 Å². The Morgan fingerprint density at radius 2 is 1.93 bits per heavy atom. The van der Waals surface area contributed by atoms with Crippen LogP contribution < -0.4 is 15.0 Å². The van der Waals surface area contributed by atoms with Gasteiger partial charge in [0.25, 0.3) is 5.91 Å². The van der Waals surface area contributed by atoms with E-state index in [-0.39, 0.29) is 11.8 Å². The van der Waals surface area contributed by atoms with Crippen LogP contribution in [0.15, 0.2) is 53.9 Å². The van der Waals surface area contributed by atoms with Crippen LogP contribution in [0.5, 0.6) is 5.75 Å². The molecule has 2 amide bonds. The van der Waals surface area contributed by atoms with Crippen molar-refractivity contribution in [3.63, 3.8) is 0 Å². The molecule has 1 aromatic heterocycles. The number of aryl methyl sites for hydroxylation is 1. The molecular weight excluding hydrogens is 384 g/mol. The number of benzene rings is 2. The quantitative estimate of drug-likeness (QED) is 0.640. The van der Waals surface area contributed by atoms with Crippen molar-refractivity contribution in [1.29, 1.82) is 0 Å². The predicted molar refractivity (Wildman–Crippen MR) is 117 cm³/mol. The van der Waals surface area contributed by atoms with E-state index < -0.39 is 0 Å². The van der Waals surface area contributed by atoms with Crippen LogP contribution in [-0.2, 0) is 4.79 Å². The Morgan fingerprint density at radius 3 is 2.62 bits per heavy atom. The highest BCUT2D eigenvalue weighted by Crippen LogP contribution is 2.35. The number of ether oxygens (including phenoxy) is 1. The fraction of sp³-hybridized carbons (Fsp3) is 0.217. The van der Waals surface area contributed by atoms with Gasteiger partial charge in [-0.3, -0.25) is 9.59 Å². The average molecular weight is 407 g/mol. The lowest BCUT2D eigenvalue weighted by Gasteiger charge is -2.19. The number of rotatable bonds is 5. The third-order valence-corrected chi connectivity index (χ3v) is 5.95. The molecule has 0 saturated carbocycles. The lowest BCUT2D eigenvalue weighted by atomic mass is 10.0. The van der Waals surface area contributed by atoms with E-state index in [1.54, 1.807) is 24.1 Å². The van der Waals surface area contributed by atoms with Gasteiger partial charge in [-0.1, -0.05) is 29.8 Å². The number of anilines is 2. The van der Waals surface area contributed by atoms with Crippen LogP contribution in [-0.4, -0.2) is 25.5 Å². The highest BCUT2D eigenvalue weighted by molar-refractivity contribution is 7.12. The topological polar surface area (TPSA) is 58.6 Å². The number of hydrogen-bond donors (Lipinski definition) is 1. The molecule has 5 nitrogen and oxygen atoms in total. The van der Waals surface area contributed by atoms with E-state index in [1.807, 2.05) is 48.7 Å². The first-order valence-electron chi connectivity index (χ1n) is 9.51. The van der Waals surface area contributed by atoms with Gasteiger partial charge < -0.3 is 15.0 Å². The molecule has 1 saturated heterocycles. The number of methoxy groups -OCH3 is 1. The van der Waals surface area contributed by atoms with Gasteiger partial charge >= 0.3 is 0 Å². The zero-order valence-corrected chi connectivity index (χ0v) is 17.2. The summed E-state index contributed by atoms with van der Waals surface area (Å²) in [5.41, 5.74) is 4.48. The Hall–Kier alpha value is -3.12. The molecule has 4 rings (SSSR count). The average Bonchev–Trinajstić information content (AvgIpc) is 3.38. The van der Waals surface area contributed by atoms with Crippen LogP contribution in [0.4, 0.5) is 11.4 Å². The summed E-state index contributed by atoms with van der Waals surface area (Å²) in [5, 5.41) is 4.88. The van der Waals surface area contributed by atoms with Gasteiger partial charge in [-0.25, -0.2) is 0 Å². The summed E-state index contributed by atoms with van der Waals surface area (Å²) in [6.45, 7) is 2.73. The van der Waals surface area contributed by atoms with Crippen molar-refractivity contribution in [2.24, 2.45) is 0 Å². The van der Waals surface area contributed by atoms with Gasteiger partial charge in [0.2, 0.25) is 5.91 Å². The van der Waals surface area contributed by atoms with E-state index in [0.29, 0.717) is 29.3 Å². The maximum Gasteiger partial charge on any atom is 0.266 e. The van der Waals surface area contributed by atoms with Crippen LogP contribution in [0, 0.1) is 6.92 Å². The van der Waals surface area contributed by atoms with Gasteiger partial charge in [-0.2, -0.15) is 0 Å². The van der Waals surface area contributed by atoms with E-state index in [2.05, 4.69) is 5.32 Å². The second kappa shape index (κ2) is 8.09. The molecule has 0 atom stereocenters. The molecule has 1 fully saturated rings. The minimum Gasteiger partial charge on any atom is -0.494 e. The van der Waals surface area contributed by atoms with Crippen molar-refractivity contribution < 1.29 is 14.3 Å². The summed E-state index contributed by atoms with van der Waals surface area (Å²) >= 11 is 1.41. The second-order valence-corrected chi connectivity index (χ2v) is 7.94. The van der Waals surface area contributed by atoms with Crippen molar-refractivity contribution in [3.05, 3.63) is 64.4 Å². The van der Waals surface area contributed by atoms with Gasteiger partial charge in [0.15, 0.2) is 0 Å². The maximum atomic E-state index is 12.9. The molecule has 0 unspecified atom stereocenters. The van der Waals surface area contributed by atoms with Crippen LogP contribution in [0.2, 0.25) is 0 Å². The number of nitrogens with one attached hydrogen (secondary N) is 1. The minimum absolute atomic E-state index is 0.0985. The van der Waals surface area contributed by atoms with Crippen LogP contribution >= 0.6 is 11.3 Å². The Kier molecular flexibility index (Phi) is 5.36. The Balaban J connectivity index is 1.57. The Morgan fingerprint density at radius 1 is 1.14 bits per heavy atom. The summed E-state index contributed by atoms with van der Waals surface area (Å²) in [7, 11) is 1.57. The molecule has 0 radical (unpaired) electrons. The smallest absolute Gasteiger partial charge is 0.266 e. The highest BCUT2D eigenvalue weighted by Gasteiger charge is 2.25. The molecule has 2 aromatic carbocycles. The first kappa shape index (κ1) is 19.2. The highest BCUT2D eigenvalue weighted by atomic mass is 32.1. The molecule has 1 aliphatic heterocycles. The summed E-state index contributed by atoms with van der Waals surface area (Å²) < 4.78 is 5.48. The second-order valence-electron chi connectivity index (χ2n) is 7.02. The first-order valence-corrected chi connectivity index (χ1v) is 10.4. The van der Waals surface area contributed by atoms with E-state index in [1.165, 1.54) is 16.9 Å². The van der Waals surface area contributed by atoms with Gasteiger partial charge in [-0.05, 0) is 42.5 Å². The lowest BCUT2D eigenvalue weighted by molar-refractivity contribution is -0.117. The van der Waals surface area contributed by atoms with Crippen molar-refractivity contribution in [2.75, 3.05) is 23.9 Å². The number of carbonyl (C=O) groups is 2. The number of hydrogen-bond acceptors (Lipinski definition) is 4. The molecule has 148 valence electrons. The summed E-state index contributed by atoms with van der Waals surface area (Å²) in [4.78, 5) is 27.4. The number of carbonyl (C=O) groups excluding carboxylic acids is 2. The van der Waals surface area contributed by atoms with Crippen LogP contribution in [0.3, 0.4) is 0 Å². The van der Waals surface area contributed by atoms with E-state index in [4.69, 9.17) is 4.74 Å². The lowest BCUT2D eigenvalue weighted by Crippen LogP contribution is -2.24. The molecular formula is C23H22N2O3S. The van der Waals surface area contributed by atoms with Crippen molar-refractivity contribution in [2.45, 2.75) is 19.8 Å². The molecule has 1 aliphatic rings. The molecule has 0 spiro atoms. The molecule has 1 N–H and O–H groups in total. The number of nitrogens with zero attached hydrogens (tertiary/aromatic N) is 1. The summed E-state index contributed by atoms with van der Waals surface area (Å²) in [6, 6.07) is 15.5. The largest absolute Gasteiger partial charge is 0.494 e. The number of thiophene rings is 1. The van der Waals surface area contributed by atoms with Crippen LogP contribution in [0.1, 0.15) is 28.1 Å². The Labute approximate surface area is 173 Å². The zero-order valence-electron chi connectivity index (χ0n) is 16.4. The molecule has 2 heterocycles. The maximum absolute atomic E-state index is 12.9. The zero-order chi connectivity index (χ0) is 20.4. The summed E-state index contributed by atoms with van der Waals surface area (Å²) in [5.74, 6) is 0.507. The normalized spacial score (nSPS) is 13.6. The third kappa shape index (κ3) is 3.89. The third-order valence-electron chi connectivity index (χ3n) is 5.04. The van der Waals surface area contributed by atoms with E-state index in [0.717, 1.165) is 23.2 Å². The van der Waals surface area contributed by atoms with Crippen molar-refractivity contribution >= 4 is 34.5 Å². The van der Waals surface area contributed by atoms with Gasteiger partial charge in [0.05, 0.1) is 17.7 Å². The van der Waals surface area contributed by atoms with Gasteiger partial charge in [0, 0.05) is 30.3 Å². The summed E-state index contributed by atoms with van der Waals surface area (Å²) in [6.07, 6.45) is 1.41. The monoisotopic (exact) mass is 406 g/mol. The van der Waals surface area contributed by atoms with Crippen molar-refractivity contribution in [1.82, 2.24) is 0 Å². The number of amides is 2. The first-order chi connectivity index (χ1) is 14.1. The molecule has 0 bridgehead atoms. The van der Waals surface area contributed by atoms with E-state index in [9.17, 15) is 9.59 Å². The molecule has 29 heavy (non-hydrogen) atoms.